The van der Waals surface area contributed by atoms with Gasteiger partial charge in [0.25, 0.3) is 0 Å². The van der Waals surface area contributed by atoms with Crippen LogP contribution in [0.2, 0.25) is 0 Å². The Balaban J connectivity index is 2.04. The predicted octanol–water partition coefficient (Wildman–Crippen LogP) is 1.04. The van der Waals surface area contributed by atoms with Crippen molar-refractivity contribution in [3.05, 3.63) is 29.8 Å². The molecule has 0 spiro atoms. The summed E-state index contributed by atoms with van der Waals surface area (Å²) < 4.78 is 23.0. The van der Waals surface area contributed by atoms with Gasteiger partial charge >= 0.3 is 12.0 Å². The van der Waals surface area contributed by atoms with E-state index in [1.807, 2.05) is 0 Å². The Kier molecular flexibility index (Phi) is 4.46. The highest BCUT2D eigenvalue weighted by atomic mass is 32.2. The van der Waals surface area contributed by atoms with Gasteiger partial charge in [-0.2, -0.15) is 0 Å². The Morgan fingerprint density at radius 1 is 1.19 bits per heavy atom. The van der Waals surface area contributed by atoms with Crippen molar-refractivity contribution < 1.29 is 23.1 Å². The first-order valence-electron chi connectivity index (χ1n) is 6.47. The summed E-state index contributed by atoms with van der Waals surface area (Å²) in [4.78, 5) is 24.4. The van der Waals surface area contributed by atoms with Crippen LogP contribution in [0.15, 0.2) is 24.3 Å². The minimum atomic E-state index is -3.08. The molecule has 0 atom stereocenters. The van der Waals surface area contributed by atoms with Gasteiger partial charge in [-0.15, -0.1) is 0 Å². The molecule has 2 N–H and O–H groups in total. The van der Waals surface area contributed by atoms with E-state index in [0.717, 1.165) is 0 Å². The lowest BCUT2D eigenvalue weighted by atomic mass is 10.2. The fraction of sp³-hybridized carbons (Fsp3) is 0.385. The van der Waals surface area contributed by atoms with Gasteiger partial charge < -0.3 is 15.3 Å². The number of urea groups is 1. The minimum Gasteiger partial charge on any atom is -0.478 e. The van der Waals surface area contributed by atoms with Crippen LogP contribution in [0.5, 0.6) is 0 Å². The van der Waals surface area contributed by atoms with Crippen molar-refractivity contribution in [2.24, 2.45) is 0 Å². The Labute approximate surface area is 122 Å². The zero-order chi connectivity index (χ0) is 15.5. The number of hydrogen-bond acceptors (Lipinski definition) is 4. The van der Waals surface area contributed by atoms with Crippen LogP contribution in [0.4, 0.5) is 10.5 Å². The van der Waals surface area contributed by atoms with E-state index in [4.69, 9.17) is 5.11 Å². The second kappa shape index (κ2) is 6.13. The van der Waals surface area contributed by atoms with Crippen molar-refractivity contribution in [2.75, 3.05) is 29.9 Å². The number of amides is 2. The molecular formula is C13H16N2O5S. The predicted molar refractivity (Wildman–Crippen MR) is 77.3 cm³/mol. The van der Waals surface area contributed by atoms with E-state index < -0.39 is 21.8 Å². The minimum absolute atomic E-state index is 0.0460. The van der Waals surface area contributed by atoms with Gasteiger partial charge in [0.05, 0.1) is 17.1 Å². The molecule has 0 bridgehead atoms. The molecule has 1 aromatic carbocycles. The lowest BCUT2D eigenvalue weighted by molar-refractivity contribution is 0.0697. The van der Waals surface area contributed by atoms with E-state index in [1.54, 1.807) is 6.07 Å². The van der Waals surface area contributed by atoms with Crippen molar-refractivity contribution in [3.63, 3.8) is 0 Å². The van der Waals surface area contributed by atoms with Gasteiger partial charge in [0, 0.05) is 18.8 Å². The van der Waals surface area contributed by atoms with Crippen LogP contribution in [0.25, 0.3) is 0 Å². The average Bonchev–Trinajstić information content (AvgIpc) is 2.60. The molecule has 0 radical (unpaired) electrons. The van der Waals surface area contributed by atoms with E-state index in [2.05, 4.69) is 5.32 Å². The fourth-order valence-electron chi connectivity index (χ4n) is 2.07. The van der Waals surface area contributed by atoms with E-state index in [1.165, 1.54) is 23.1 Å². The number of rotatable bonds is 2. The highest BCUT2D eigenvalue weighted by Crippen LogP contribution is 2.13. The average molecular weight is 312 g/mol. The highest BCUT2D eigenvalue weighted by Gasteiger charge is 2.22. The van der Waals surface area contributed by atoms with Gasteiger partial charge in [0.1, 0.15) is 0 Å². The number of nitrogens with zero attached hydrogens (tertiary/aromatic N) is 1. The molecule has 114 valence electrons. The monoisotopic (exact) mass is 312 g/mol. The van der Waals surface area contributed by atoms with Crippen LogP contribution in [-0.2, 0) is 9.84 Å². The van der Waals surface area contributed by atoms with Crippen LogP contribution >= 0.6 is 0 Å². The molecule has 1 aromatic rings. The Morgan fingerprint density at radius 2 is 1.95 bits per heavy atom. The first-order chi connectivity index (χ1) is 9.87. The van der Waals surface area contributed by atoms with Gasteiger partial charge in [-0.05, 0) is 24.6 Å². The summed E-state index contributed by atoms with van der Waals surface area (Å²) in [6.45, 7) is 0.510. The molecule has 1 saturated heterocycles. The zero-order valence-corrected chi connectivity index (χ0v) is 12.1. The first-order valence-corrected chi connectivity index (χ1v) is 8.29. The number of hydrogen-bond donors (Lipinski definition) is 2. The smallest absolute Gasteiger partial charge is 0.335 e. The number of benzene rings is 1. The van der Waals surface area contributed by atoms with E-state index in [0.29, 0.717) is 18.7 Å². The molecule has 1 aliphatic heterocycles. The van der Waals surface area contributed by atoms with Gasteiger partial charge in [0.15, 0.2) is 9.84 Å². The molecule has 2 amide bonds. The lowest BCUT2D eigenvalue weighted by Crippen LogP contribution is -2.37. The molecule has 0 saturated carbocycles. The summed E-state index contributed by atoms with van der Waals surface area (Å²) in [7, 11) is -3.08. The normalized spacial score (nSPS) is 17.8. The Morgan fingerprint density at radius 3 is 2.67 bits per heavy atom. The molecule has 7 nitrogen and oxygen atoms in total. The molecule has 0 aliphatic carbocycles. The summed E-state index contributed by atoms with van der Waals surface area (Å²) in [6, 6.07) is 5.48. The van der Waals surface area contributed by atoms with Crippen LogP contribution in [0.3, 0.4) is 0 Å². The molecule has 21 heavy (non-hydrogen) atoms. The molecule has 1 aliphatic rings. The highest BCUT2D eigenvalue weighted by molar-refractivity contribution is 7.91. The van der Waals surface area contributed by atoms with Gasteiger partial charge in [-0.25, -0.2) is 18.0 Å². The van der Waals surface area contributed by atoms with Gasteiger partial charge in [0.2, 0.25) is 0 Å². The van der Waals surface area contributed by atoms with Crippen molar-refractivity contribution in [1.82, 2.24) is 4.90 Å². The van der Waals surface area contributed by atoms with Crippen LogP contribution in [-0.4, -0.2) is 55.0 Å². The number of carboxylic acids is 1. The molecule has 1 fully saturated rings. The second-order valence-electron chi connectivity index (χ2n) is 4.81. The SMILES string of the molecule is O=C(O)c1cccc(NC(=O)N2CCCS(=O)(=O)CC2)c1. The second-order valence-corrected chi connectivity index (χ2v) is 7.11. The summed E-state index contributed by atoms with van der Waals surface area (Å²) >= 11 is 0. The van der Waals surface area contributed by atoms with Crippen LogP contribution in [0.1, 0.15) is 16.8 Å². The van der Waals surface area contributed by atoms with Crippen molar-refractivity contribution in [1.29, 1.82) is 0 Å². The van der Waals surface area contributed by atoms with Crippen molar-refractivity contribution >= 4 is 27.5 Å². The Bertz CT molecular complexity index is 656. The standard InChI is InChI=1S/C13H16N2O5S/c16-12(17)10-3-1-4-11(9-10)14-13(18)15-5-2-7-21(19,20)8-6-15/h1,3-4,9H,2,5-8H2,(H,14,18)(H,16,17). The maximum atomic E-state index is 12.1. The molecule has 2 rings (SSSR count). The summed E-state index contributed by atoms with van der Waals surface area (Å²) in [5.74, 6) is -1.03. The maximum absolute atomic E-state index is 12.1. The molecule has 0 unspecified atom stereocenters. The lowest BCUT2D eigenvalue weighted by Gasteiger charge is -2.20. The van der Waals surface area contributed by atoms with Crippen molar-refractivity contribution in [3.8, 4) is 0 Å². The maximum Gasteiger partial charge on any atom is 0.335 e. The van der Waals surface area contributed by atoms with Crippen molar-refractivity contribution in [2.45, 2.75) is 6.42 Å². The number of carbonyl (C=O) groups excluding carboxylic acids is 1. The number of carbonyl (C=O) groups is 2. The van der Waals surface area contributed by atoms with Crippen LogP contribution in [0, 0.1) is 0 Å². The van der Waals surface area contributed by atoms with Crippen LogP contribution < -0.4 is 5.32 Å². The van der Waals surface area contributed by atoms with Gasteiger partial charge in [-0.1, -0.05) is 6.07 Å². The third-order valence-corrected chi connectivity index (χ3v) is 4.92. The van der Waals surface area contributed by atoms with E-state index >= 15 is 0 Å². The fourth-order valence-corrected chi connectivity index (χ4v) is 3.35. The number of carboxylic acid groups (broad SMARTS) is 1. The Hall–Kier alpha value is -2.09. The topological polar surface area (TPSA) is 104 Å². The number of anilines is 1. The zero-order valence-electron chi connectivity index (χ0n) is 11.3. The summed E-state index contributed by atoms with van der Waals surface area (Å²) in [5, 5.41) is 11.5. The molecule has 8 heteroatoms. The summed E-state index contributed by atoms with van der Waals surface area (Å²) in [5.41, 5.74) is 0.443. The first kappa shape index (κ1) is 15.3. The number of aromatic carboxylic acids is 1. The van der Waals surface area contributed by atoms with E-state index in [9.17, 15) is 18.0 Å². The third kappa shape index (κ3) is 4.19. The third-order valence-electron chi connectivity index (χ3n) is 3.20. The molecular weight excluding hydrogens is 296 g/mol. The number of sulfone groups is 1. The van der Waals surface area contributed by atoms with Gasteiger partial charge in [-0.3, -0.25) is 0 Å². The molecule has 0 aromatic heterocycles. The summed E-state index contributed by atoms with van der Waals surface area (Å²) in [6.07, 6.45) is 0.408. The van der Waals surface area contributed by atoms with E-state index in [-0.39, 0.29) is 23.6 Å². The quantitative estimate of drug-likeness (QED) is 0.849. The largest absolute Gasteiger partial charge is 0.478 e. The molecule has 1 heterocycles. The number of nitrogens with one attached hydrogen (secondary N) is 1.